The molecular formula is C17H18FN3O2. The maximum Gasteiger partial charge on any atom is 0.221 e. The molecule has 1 aromatic heterocycles. The van der Waals surface area contributed by atoms with Crippen LogP contribution in [0.2, 0.25) is 0 Å². The Hall–Kier alpha value is -2.50. The first-order chi connectivity index (χ1) is 10.9. The van der Waals surface area contributed by atoms with Crippen LogP contribution in [0.3, 0.4) is 0 Å². The van der Waals surface area contributed by atoms with Gasteiger partial charge in [-0.25, -0.2) is 14.4 Å². The molecule has 0 spiro atoms. The van der Waals surface area contributed by atoms with Gasteiger partial charge in [-0.1, -0.05) is 12.1 Å². The first-order valence-corrected chi connectivity index (χ1v) is 7.41. The third kappa shape index (κ3) is 2.88. The summed E-state index contributed by atoms with van der Waals surface area (Å²) in [6.45, 7) is 3.86. The standard InChI is InChI=1S/C17H18FN3O2/c1-10-15(8-20-11(2)21-10)23-9-17(7-14(17)16(19)22)12-4-3-5-13(18)6-12/h3-6,8,14H,7,9H2,1-2H3,(H2,19,22)/t14-,17+/m0/s1. The topological polar surface area (TPSA) is 78.1 Å². The molecule has 1 amide bonds. The van der Waals surface area contributed by atoms with Crippen molar-refractivity contribution in [2.24, 2.45) is 11.7 Å². The number of halogens is 1. The summed E-state index contributed by atoms with van der Waals surface area (Å²) in [6.07, 6.45) is 2.16. The molecule has 1 aliphatic rings. The molecule has 2 aromatic rings. The van der Waals surface area contributed by atoms with Crippen LogP contribution in [0, 0.1) is 25.6 Å². The van der Waals surface area contributed by atoms with Gasteiger partial charge in [0.15, 0.2) is 5.75 Å². The van der Waals surface area contributed by atoms with Crippen LogP contribution in [0.4, 0.5) is 4.39 Å². The molecule has 1 aromatic carbocycles. The number of nitrogens with two attached hydrogens (primary N) is 1. The predicted molar refractivity (Wildman–Crippen MR) is 82.4 cm³/mol. The Morgan fingerprint density at radius 3 is 2.87 bits per heavy atom. The van der Waals surface area contributed by atoms with Crippen molar-refractivity contribution in [3.8, 4) is 5.75 Å². The maximum atomic E-state index is 13.5. The minimum Gasteiger partial charge on any atom is -0.489 e. The third-order valence-electron chi connectivity index (χ3n) is 4.36. The van der Waals surface area contributed by atoms with E-state index in [2.05, 4.69) is 9.97 Å². The molecule has 1 heterocycles. The summed E-state index contributed by atoms with van der Waals surface area (Å²) in [4.78, 5) is 20.0. The van der Waals surface area contributed by atoms with Crippen LogP contribution in [0.5, 0.6) is 5.75 Å². The van der Waals surface area contributed by atoms with Gasteiger partial charge in [-0.2, -0.15) is 0 Å². The van der Waals surface area contributed by atoms with Crippen LogP contribution >= 0.6 is 0 Å². The fourth-order valence-electron chi connectivity index (χ4n) is 2.96. The highest BCUT2D eigenvalue weighted by Gasteiger charge is 2.59. The molecule has 5 nitrogen and oxygen atoms in total. The Bertz CT molecular complexity index is 765. The van der Waals surface area contributed by atoms with Crippen molar-refractivity contribution in [2.45, 2.75) is 25.7 Å². The highest BCUT2D eigenvalue weighted by atomic mass is 19.1. The minimum absolute atomic E-state index is 0.233. The number of primary amides is 1. The summed E-state index contributed by atoms with van der Waals surface area (Å²) < 4.78 is 19.4. The lowest BCUT2D eigenvalue weighted by Gasteiger charge is -2.19. The SMILES string of the molecule is Cc1ncc(OC[C@@]2(c3cccc(F)c3)C[C@H]2C(N)=O)c(C)n1. The van der Waals surface area contributed by atoms with E-state index in [0.717, 1.165) is 11.3 Å². The Labute approximate surface area is 133 Å². The summed E-state index contributed by atoms with van der Waals surface area (Å²) >= 11 is 0. The average Bonchev–Trinajstić information content (AvgIpc) is 3.23. The van der Waals surface area contributed by atoms with Crippen molar-refractivity contribution in [3.63, 3.8) is 0 Å². The lowest BCUT2D eigenvalue weighted by atomic mass is 9.93. The second-order valence-electron chi connectivity index (χ2n) is 5.98. The van der Waals surface area contributed by atoms with Gasteiger partial charge >= 0.3 is 0 Å². The van der Waals surface area contributed by atoms with Crippen LogP contribution in [-0.2, 0) is 10.2 Å². The zero-order chi connectivity index (χ0) is 16.6. The highest BCUT2D eigenvalue weighted by molar-refractivity contribution is 5.82. The first-order valence-electron chi connectivity index (χ1n) is 7.41. The molecule has 0 aliphatic heterocycles. The van der Waals surface area contributed by atoms with Crippen LogP contribution in [0.15, 0.2) is 30.5 Å². The molecule has 3 rings (SSSR count). The number of rotatable bonds is 5. The number of carbonyl (C=O) groups is 1. The fraction of sp³-hybridized carbons (Fsp3) is 0.353. The monoisotopic (exact) mass is 315 g/mol. The molecule has 23 heavy (non-hydrogen) atoms. The molecule has 1 fully saturated rings. The van der Waals surface area contributed by atoms with Gasteiger partial charge in [0, 0.05) is 5.41 Å². The molecule has 0 radical (unpaired) electrons. The molecule has 2 atom stereocenters. The number of nitrogens with zero attached hydrogens (tertiary/aromatic N) is 2. The highest BCUT2D eigenvalue weighted by Crippen LogP contribution is 2.54. The van der Waals surface area contributed by atoms with E-state index in [1.807, 2.05) is 6.92 Å². The van der Waals surface area contributed by atoms with E-state index in [-0.39, 0.29) is 18.3 Å². The van der Waals surface area contributed by atoms with Gasteiger partial charge in [0.25, 0.3) is 0 Å². The lowest BCUT2D eigenvalue weighted by Crippen LogP contribution is -2.27. The average molecular weight is 315 g/mol. The van der Waals surface area contributed by atoms with Gasteiger partial charge in [0.05, 0.1) is 24.4 Å². The summed E-state index contributed by atoms with van der Waals surface area (Å²) in [6, 6.07) is 6.24. The van der Waals surface area contributed by atoms with Crippen LogP contribution < -0.4 is 10.5 Å². The van der Waals surface area contributed by atoms with Crippen LogP contribution in [0.1, 0.15) is 23.5 Å². The number of amides is 1. The van der Waals surface area contributed by atoms with Crippen molar-refractivity contribution < 1.29 is 13.9 Å². The van der Waals surface area contributed by atoms with Crippen LogP contribution in [0.25, 0.3) is 0 Å². The molecule has 120 valence electrons. The van der Waals surface area contributed by atoms with Crippen LogP contribution in [-0.4, -0.2) is 22.5 Å². The van der Waals surface area contributed by atoms with Crippen molar-refractivity contribution in [1.82, 2.24) is 9.97 Å². The first kappa shape index (κ1) is 15.4. The smallest absolute Gasteiger partial charge is 0.221 e. The van der Waals surface area contributed by atoms with Gasteiger partial charge < -0.3 is 10.5 Å². The number of carbonyl (C=O) groups excluding carboxylic acids is 1. The summed E-state index contributed by atoms with van der Waals surface area (Å²) in [5, 5.41) is 0. The van der Waals surface area contributed by atoms with Gasteiger partial charge in [0.1, 0.15) is 11.6 Å². The van der Waals surface area contributed by atoms with Gasteiger partial charge in [0.2, 0.25) is 5.91 Å². The van der Waals surface area contributed by atoms with Gasteiger partial charge in [-0.15, -0.1) is 0 Å². The Morgan fingerprint density at radius 1 is 1.48 bits per heavy atom. The number of aromatic nitrogens is 2. The maximum absolute atomic E-state index is 13.5. The second-order valence-corrected chi connectivity index (χ2v) is 5.98. The summed E-state index contributed by atoms with van der Waals surface area (Å²) in [5.41, 5.74) is 6.33. The fourth-order valence-corrected chi connectivity index (χ4v) is 2.96. The van der Waals surface area contributed by atoms with E-state index in [0.29, 0.717) is 18.0 Å². The van der Waals surface area contributed by atoms with Crippen molar-refractivity contribution in [2.75, 3.05) is 6.61 Å². The van der Waals surface area contributed by atoms with E-state index < -0.39 is 11.3 Å². The third-order valence-corrected chi connectivity index (χ3v) is 4.36. The van der Waals surface area contributed by atoms with E-state index in [4.69, 9.17) is 10.5 Å². The van der Waals surface area contributed by atoms with E-state index in [1.165, 1.54) is 12.1 Å². The second kappa shape index (κ2) is 5.61. The van der Waals surface area contributed by atoms with Crippen molar-refractivity contribution in [3.05, 3.63) is 53.4 Å². The normalized spacial score (nSPS) is 22.7. The molecule has 6 heteroatoms. The van der Waals surface area contributed by atoms with Gasteiger partial charge in [-0.05, 0) is 38.0 Å². The summed E-state index contributed by atoms with van der Waals surface area (Å²) in [7, 11) is 0. The molecule has 0 unspecified atom stereocenters. The number of aryl methyl sites for hydroxylation is 2. The molecule has 0 bridgehead atoms. The predicted octanol–water partition coefficient (Wildman–Crippen LogP) is 2.05. The zero-order valence-electron chi connectivity index (χ0n) is 13.0. The molecule has 0 saturated heterocycles. The largest absolute Gasteiger partial charge is 0.489 e. The zero-order valence-corrected chi connectivity index (χ0v) is 13.0. The molecular weight excluding hydrogens is 297 g/mol. The number of hydrogen-bond acceptors (Lipinski definition) is 4. The molecule has 1 saturated carbocycles. The number of hydrogen-bond donors (Lipinski definition) is 1. The van der Waals surface area contributed by atoms with E-state index in [1.54, 1.807) is 25.3 Å². The Kier molecular flexibility index (Phi) is 3.75. The molecule has 1 aliphatic carbocycles. The van der Waals surface area contributed by atoms with Crippen molar-refractivity contribution in [1.29, 1.82) is 0 Å². The van der Waals surface area contributed by atoms with Crippen molar-refractivity contribution >= 4 is 5.91 Å². The summed E-state index contributed by atoms with van der Waals surface area (Å²) in [5.74, 6) is 0.134. The number of ether oxygens (including phenoxy) is 1. The van der Waals surface area contributed by atoms with Gasteiger partial charge in [-0.3, -0.25) is 4.79 Å². The van der Waals surface area contributed by atoms with E-state index in [9.17, 15) is 9.18 Å². The minimum atomic E-state index is -0.578. The Morgan fingerprint density at radius 2 is 2.26 bits per heavy atom. The molecule has 2 N–H and O–H groups in total. The number of benzene rings is 1. The quantitative estimate of drug-likeness (QED) is 0.916. The Balaban J connectivity index is 1.85. The van der Waals surface area contributed by atoms with E-state index >= 15 is 0 Å². The lowest BCUT2D eigenvalue weighted by molar-refractivity contribution is -0.119.